The van der Waals surface area contributed by atoms with E-state index < -0.39 is 0 Å². The van der Waals surface area contributed by atoms with Crippen molar-refractivity contribution in [2.75, 3.05) is 38.0 Å². The van der Waals surface area contributed by atoms with Crippen LogP contribution in [-0.2, 0) is 6.54 Å². The van der Waals surface area contributed by atoms with Gasteiger partial charge in [0.25, 0.3) is 0 Å². The van der Waals surface area contributed by atoms with Crippen molar-refractivity contribution < 1.29 is 9.18 Å². The van der Waals surface area contributed by atoms with Gasteiger partial charge in [-0.3, -0.25) is 9.88 Å². The molecule has 1 atom stereocenters. The molecule has 1 N–H and O–H groups in total. The summed E-state index contributed by atoms with van der Waals surface area (Å²) in [5.41, 5.74) is 2.79. The Kier molecular flexibility index (Phi) is 5.67. The van der Waals surface area contributed by atoms with Gasteiger partial charge in [-0.1, -0.05) is 12.1 Å². The number of urea groups is 1. The number of benzene rings is 1. The number of hydrogen-bond acceptors (Lipinski definition) is 4. The number of nitrogens with zero attached hydrogens (tertiary/aromatic N) is 4. The van der Waals surface area contributed by atoms with E-state index in [0.29, 0.717) is 24.3 Å². The molecule has 2 aliphatic rings. The van der Waals surface area contributed by atoms with E-state index in [2.05, 4.69) is 22.1 Å². The molecule has 0 radical (unpaired) electrons. The highest BCUT2D eigenvalue weighted by atomic mass is 19.1. The number of likely N-dealkylation sites (tertiary alicyclic amines) is 1. The third kappa shape index (κ3) is 4.34. The summed E-state index contributed by atoms with van der Waals surface area (Å²) >= 11 is 0. The number of hydrogen-bond donors (Lipinski definition) is 1. The van der Waals surface area contributed by atoms with Crippen molar-refractivity contribution in [3.63, 3.8) is 0 Å². The number of carbonyl (C=O) groups is 1. The van der Waals surface area contributed by atoms with Gasteiger partial charge in [0.15, 0.2) is 5.82 Å². The molecule has 2 aromatic rings. The molecule has 6 nitrogen and oxygen atoms in total. The predicted octanol–water partition coefficient (Wildman–Crippen LogP) is 3.60. The Hall–Kier alpha value is -2.67. The zero-order chi connectivity index (χ0) is 20.4. The number of anilines is 2. The van der Waals surface area contributed by atoms with Crippen LogP contribution in [0, 0.1) is 12.7 Å². The number of aromatic nitrogens is 1. The van der Waals surface area contributed by atoms with Crippen molar-refractivity contribution in [1.29, 1.82) is 0 Å². The molecule has 0 spiro atoms. The summed E-state index contributed by atoms with van der Waals surface area (Å²) < 4.78 is 15.1. The minimum absolute atomic E-state index is 0.125. The van der Waals surface area contributed by atoms with Crippen LogP contribution in [-0.4, -0.2) is 64.5 Å². The molecule has 0 unspecified atom stereocenters. The average molecular weight is 397 g/mol. The molecule has 2 amide bonds. The third-order valence-electron chi connectivity index (χ3n) is 5.75. The number of aryl methyl sites for hydroxylation is 1. The van der Waals surface area contributed by atoms with Gasteiger partial charge in [0.05, 0.1) is 17.6 Å². The molecule has 7 heteroatoms. The smallest absolute Gasteiger partial charge is 0.320 e. The molecule has 4 rings (SSSR count). The first-order chi connectivity index (χ1) is 14.0. The molecule has 154 valence electrons. The topological polar surface area (TPSA) is 51.7 Å². The second-order valence-electron chi connectivity index (χ2n) is 7.99. The van der Waals surface area contributed by atoms with E-state index in [1.165, 1.54) is 0 Å². The van der Waals surface area contributed by atoms with Gasteiger partial charge in [-0.2, -0.15) is 0 Å². The predicted molar refractivity (Wildman–Crippen MR) is 112 cm³/mol. The van der Waals surface area contributed by atoms with Gasteiger partial charge in [0.2, 0.25) is 0 Å². The van der Waals surface area contributed by atoms with Gasteiger partial charge < -0.3 is 15.1 Å². The Morgan fingerprint density at radius 1 is 1.21 bits per heavy atom. The molecule has 1 aromatic carbocycles. The lowest BCUT2D eigenvalue weighted by atomic mass is 10.1. The van der Waals surface area contributed by atoms with Crippen LogP contribution in [0.25, 0.3) is 0 Å². The Balaban J connectivity index is 1.39. The van der Waals surface area contributed by atoms with Crippen LogP contribution in [0.15, 0.2) is 36.5 Å². The van der Waals surface area contributed by atoms with Crippen molar-refractivity contribution in [2.45, 2.75) is 32.9 Å². The second kappa shape index (κ2) is 8.37. The maximum atomic E-state index is 15.1. The molecule has 29 heavy (non-hydrogen) atoms. The summed E-state index contributed by atoms with van der Waals surface area (Å²) in [5.74, 6) is -0.236. The average Bonchev–Trinajstić information content (AvgIpc) is 2.65. The molecule has 0 aliphatic carbocycles. The number of rotatable bonds is 4. The van der Waals surface area contributed by atoms with E-state index >= 15 is 4.39 Å². The van der Waals surface area contributed by atoms with Crippen molar-refractivity contribution in [3.8, 4) is 0 Å². The second-order valence-corrected chi connectivity index (χ2v) is 7.99. The first kappa shape index (κ1) is 19.6. The van der Waals surface area contributed by atoms with Gasteiger partial charge in [-0.25, -0.2) is 9.18 Å². The normalized spacial score (nSPS) is 19.8. The maximum Gasteiger partial charge on any atom is 0.320 e. The summed E-state index contributed by atoms with van der Waals surface area (Å²) in [6.07, 6.45) is 2.81. The summed E-state index contributed by atoms with van der Waals surface area (Å²) in [6.45, 7) is 8.45. The fourth-order valence-electron chi connectivity index (χ4n) is 3.89. The van der Waals surface area contributed by atoms with Crippen LogP contribution in [0.2, 0.25) is 0 Å². The lowest BCUT2D eigenvalue weighted by Crippen LogP contribution is -2.59. The van der Waals surface area contributed by atoms with E-state index in [1.54, 1.807) is 12.3 Å². The Bertz CT molecular complexity index is 868. The fourth-order valence-corrected chi connectivity index (χ4v) is 3.89. The van der Waals surface area contributed by atoms with E-state index in [1.807, 2.05) is 41.0 Å². The number of amides is 2. The standard InChI is InChI=1S/C22H28FN5O/c1-16-7-8-19(13-24-16)25-20-6-3-5-18(21(20)23)15-26-11-12-28(17(2)14-26)22(29)27-9-4-10-27/h3,5-8,13,17,25H,4,9-12,14-15H2,1-2H3/t17-/m1/s1. The molecule has 2 aliphatic heterocycles. The molecular weight excluding hydrogens is 369 g/mol. The number of piperazine rings is 1. The molecular formula is C22H28FN5O. The van der Waals surface area contributed by atoms with E-state index in [-0.39, 0.29) is 17.9 Å². The van der Waals surface area contributed by atoms with Crippen LogP contribution >= 0.6 is 0 Å². The highest BCUT2D eigenvalue weighted by molar-refractivity contribution is 5.75. The van der Waals surface area contributed by atoms with Crippen molar-refractivity contribution in [2.24, 2.45) is 0 Å². The first-order valence-electron chi connectivity index (χ1n) is 10.3. The highest BCUT2D eigenvalue weighted by Crippen LogP contribution is 2.24. The van der Waals surface area contributed by atoms with E-state index in [4.69, 9.17) is 0 Å². The molecule has 2 fully saturated rings. The molecule has 2 saturated heterocycles. The summed E-state index contributed by atoms with van der Waals surface area (Å²) in [7, 11) is 0. The number of halogens is 1. The molecule has 3 heterocycles. The van der Waals surface area contributed by atoms with Gasteiger partial charge in [-0.15, -0.1) is 0 Å². The van der Waals surface area contributed by atoms with Gasteiger partial charge in [0, 0.05) is 56.6 Å². The highest BCUT2D eigenvalue weighted by Gasteiger charge is 2.32. The maximum absolute atomic E-state index is 15.1. The van der Waals surface area contributed by atoms with Crippen LogP contribution < -0.4 is 5.32 Å². The number of nitrogens with one attached hydrogen (secondary N) is 1. The quantitative estimate of drug-likeness (QED) is 0.856. The lowest BCUT2D eigenvalue weighted by molar-refractivity contribution is 0.0658. The van der Waals surface area contributed by atoms with Gasteiger partial charge in [0.1, 0.15) is 0 Å². The van der Waals surface area contributed by atoms with Crippen molar-refractivity contribution in [1.82, 2.24) is 19.7 Å². The Morgan fingerprint density at radius 3 is 2.69 bits per heavy atom. The third-order valence-corrected chi connectivity index (χ3v) is 5.75. The van der Waals surface area contributed by atoms with Crippen LogP contribution in [0.5, 0.6) is 0 Å². The summed E-state index contributed by atoms with van der Waals surface area (Å²) in [4.78, 5) is 22.8. The van der Waals surface area contributed by atoms with Gasteiger partial charge in [-0.05, 0) is 38.5 Å². The first-order valence-corrected chi connectivity index (χ1v) is 10.3. The molecule has 1 aromatic heterocycles. The zero-order valence-electron chi connectivity index (χ0n) is 17.1. The van der Waals surface area contributed by atoms with Crippen LogP contribution in [0.4, 0.5) is 20.6 Å². The summed E-state index contributed by atoms with van der Waals surface area (Å²) in [5, 5.41) is 3.12. The van der Waals surface area contributed by atoms with E-state index in [9.17, 15) is 4.79 Å². The van der Waals surface area contributed by atoms with E-state index in [0.717, 1.165) is 44.0 Å². The Labute approximate surface area is 171 Å². The molecule has 0 bridgehead atoms. The number of pyridine rings is 1. The van der Waals surface area contributed by atoms with Crippen molar-refractivity contribution in [3.05, 3.63) is 53.6 Å². The summed E-state index contributed by atoms with van der Waals surface area (Å²) in [6, 6.07) is 9.50. The fraction of sp³-hybridized carbons (Fsp3) is 0.455. The monoisotopic (exact) mass is 397 g/mol. The largest absolute Gasteiger partial charge is 0.352 e. The Morgan fingerprint density at radius 2 is 2.03 bits per heavy atom. The lowest BCUT2D eigenvalue weighted by Gasteiger charge is -2.44. The van der Waals surface area contributed by atoms with Crippen LogP contribution in [0.1, 0.15) is 24.6 Å². The van der Waals surface area contributed by atoms with Crippen LogP contribution in [0.3, 0.4) is 0 Å². The minimum atomic E-state index is -0.236. The number of carbonyl (C=O) groups excluding carboxylic acids is 1. The minimum Gasteiger partial charge on any atom is -0.352 e. The SMILES string of the molecule is Cc1ccc(Nc2cccc(CN3CCN(C(=O)N4CCC4)[C@H](C)C3)c2F)cn1. The van der Waals surface area contributed by atoms with Gasteiger partial charge >= 0.3 is 6.03 Å². The van der Waals surface area contributed by atoms with Crippen molar-refractivity contribution >= 4 is 17.4 Å². The zero-order valence-corrected chi connectivity index (χ0v) is 17.1. The molecule has 0 saturated carbocycles.